The molecule has 2 N–H and O–H groups in total. The average Bonchev–Trinajstić information content (AvgIpc) is 2.27. The van der Waals surface area contributed by atoms with E-state index < -0.39 is 0 Å². The van der Waals surface area contributed by atoms with E-state index in [0.717, 1.165) is 19.6 Å². The van der Waals surface area contributed by atoms with Crippen molar-refractivity contribution in [1.82, 2.24) is 10.6 Å². The van der Waals surface area contributed by atoms with Crippen LogP contribution in [0.15, 0.2) is 0 Å². The van der Waals surface area contributed by atoms with Gasteiger partial charge in [0.15, 0.2) is 0 Å². The number of amides is 1. The minimum Gasteiger partial charge on any atom is -0.356 e. The highest BCUT2D eigenvalue weighted by Gasteiger charge is 2.21. The van der Waals surface area contributed by atoms with Crippen molar-refractivity contribution < 1.29 is 4.79 Å². The van der Waals surface area contributed by atoms with E-state index in [9.17, 15) is 4.79 Å². The van der Waals surface area contributed by atoms with Crippen LogP contribution in [0.2, 0.25) is 0 Å². The lowest BCUT2D eigenvalue weighted by atomic mass is 9.85. The summed E-state index contributed by atoms with van der Waals surface area (Å²) < 4.78 is 0. The predicted molar refractivity (Wildman–Crippen MR) is 67.2 cm³/mol. The fourth-order valence-corrected chi connectivity index (χ4v) is 2.21. The van der Waals surface area contributed by atoms with Gasteiger partial charge in [0.2, 0.25) is 5.91 Å². The van der Waals surface area contributed by atoms with Crippen LogP contribution in [-0.2, 0) is 4.79 Å². The fraction of sp³-hybridized carbons (Fsp3) is 0.923. The lowest BCUT2D eigenvalue weighted by Gasteiger charge is -2.28. The molecule has 1 amide bonds. The Kier molecular flexibility index (Phi) is 5.81. The first-order valence-electron chi connectivity index (χ1n) is 6.57. The van der Waals surface area contributed by atoms with Crippen LogP contribution in [0.4, 0.5) is 0 Å². The molecule has 94 valence electrons. The van der Waals surface area contributed by atoms with E-state index in [0.29, 0.717) is 24.2 Å². The normalized spacial score (nSPS) is 23.1. The van der Waals surface area contributed by atoms with Crippen LogP contribution in [0.1, 0.15) is 40.0 Å². The maximum absolute atomic E-state index is 11.7. The van der Waals surface area contributed by atoms with Gasteiger partial charge in [-0.3, -0.25) is 4.79 Å². The summed E-state index contributed by atoms with van der Waals surface area (Å²) in [5, 5.41) is 6.40. The SMILES string of the molecule is CC(C)CNC(=O)CC(C)C1CCCNC1. The van der Waals surface area contributed by atoms with Gasteiger partial charge in [-0.1, -0.05) is 20.8 Å². The Morgan fingerprint density at radius 2 is 2.19 bits per heavy atom. The van der Waals surface area contributed by atoms with Crippen molar-refractivity contribution in [2.24, 2.45) is 17.8 Å². The first-order chi connectivity index (χ1) is 7.59. The lowest BCUT2D eigenvalue weighted by molar-refractivity contribution is -0.122. The molecule has 0 bridgehead atoms. The van der Waals surface area contributed by atoms with Gasteiger partial charge in [0.25, 0.3) is 0 Å². The van der Waals surface area contributed by atoms with Crippen LogP contribution >= 0.6 is 0 Å². The van der Waals surface area contributed by atoms with Crippen LogP contribution in [0.5, 0.6) is 0 Å². The van der Waals surface area contributed by atoms with E-state index in [1.165, 1.54) is 12.8 Å². The van der Waals surface area contributed by atoms with E-state index in [1.54, 1.807) is 0 Å². The molecule has 1 fully saturated rings. The van der Waals surface area contributed by atoms with Gasteiger partial charge >= 0.3 is 0 Å². The van der Waals surface area contributed by atoms with Gasteiger partial charge < -0.3 is 10.6 Å². The van der Waals surface area contributed by atoms with Crippen LogP contribution in [0.3, 0.4) is 0 Å². The standard InChI is InChI=1S/C13H26N2O/c1-10(2)8-15-13(16)7-11(3)12-5-4-6-14-9-12/h10-12,14H,4-9H2,1-3H3,(H,15,16). The van der Waals surface area contributed by atoms with E-state index in [-0.39, 0.29) is 5.91 Å². The van der Waals surface area contributed by atoms with Gasteiger partial charge in [0.1, 0.15) is 0 Å². The molecule has 1 saturated heterocycles. The summed E-state index contributed by atoms with van der Waals surface area (Å²) in [6.45, 7) is 9.46. The summed E-state index contributed by atoms with van der Waals surface area (Å²) in [5.41, 5.74) is 0. The number of hydrogen-bond donors (Lipinski definition) is 2. The molecule has 0 aliphatic carbocycles. The third-order valence-corrected chi connectivity index (χ3v) is 3.35. The topological polar surface area (TPSA) is 41.1 Å². The second-order valence-electron chi connectivity index (χ2n) is 5.49. The smallest absolute Gasteiger partial charge is 0.220 e. The van der Waals surface area contributed by atoms with E-state index in [4.69, 9.17) is 0 Å². The Bertz CT molecular complexity index is 210. The number of hydrogen-bond acceptors (Lipinski definition) is 2. The van der Waals surface area contributed by atoms with Crippen molar-refractivity contribution in [2.45, 2.75) is 40.0 Å². The zero-order valence-corrected chi connectivity index (χ0v) is 10.9. The molecule has 16 heavy (non-hydrogen) atoms. The molecule has 0 radical (unpaired) electrons. The molecule has 2 unspecified atom stereocenters. The van der Waals surface area contributed by atoms with Gasteiger partial charge in [-0.25, -0.2) is 0 Å². The Hall–Kier alpha value is -0.570. The van der Waals surface area contributed by atoms with Gasteiger partial charge in [-0.05, 0) is 43.7 Å². The Morgan fingerprint density at radius 3 is 2.75 bits per heavy atom. The monoisotopic (exact) mass is 226 g/mol. The minimum atomic E-state index is 0.215. The highest BCUT2D eigenvalue weighted by atomic mass is 16.1. The molecule has 0 aromatic heterocycles. The van der Waals surface area contributed by atoms with E-state index >= 15 is 0 Å². The third-order valence-electron chi connectivity index (χ3n) is 3.35. The summed E-state index contributed by atoms with van der Waals surface area (Å²) in [4.78, 5) is 11.7. The zero-order chi connectivity index (χ0) is 12.0. The van der Waals surface area contributed by atoms with Gasteiger partial charge in [-0.2, -0.15) is 0 Å². The molecule has 1 aliphatic rings. The van der Waals surface area contributed by atoms with Crippen LogP contribution in [0.25, 0.3) is 0 Å². The Labute approximate surface area is 99.4 Å². The summed E-state index contributed by atoms with van der Waals surface area (Å²) in [7, 11) is 0. The fourth-order valence-electron chi connectivity index (χ4n) is 2.21. The number of carbonyl (C=O) groups is 1. The molecular weight excluding hydrogens is 200 g/mol. The van der Waals surface area contributed by atoms with Crippen LogP contribution < -0.4 is 10.6 Å². The number of carbonyl (C=O) groups excluding carboxylic acids is 1. The molecular formula is C13H26N2O. The van der Waals surface area contributed by atoms with Crippen LogP contribution in [-0.4, -0.2) is 25.5 Å². The van der Waals surface area contributed by atoms with Gasteiger partial charge in [0.05, 0.1) is 0 Å². The Balaban J connectivity index is 2.21. The maximum Gasteiger partial charge on any atom is 0.220 e. The number of rotatable bonds is 5. The first kappa shape index (κ1) is 13.5. The predicted octanol–water partition coefficient (Wildman–Crippen LogP) is 1.78. The van der Waals surface area contributed by atoms with Crippen molar-refractivity contribution in [3.05, 3.63) is 0 Å². The van der Waals surface area contributed by atoms with Crippen molar-refractivity contribution in [1.29, 1.82) is 0 Å². The molecule has 0 aromatic carbocycles. The van der Waals surface area contributed by atoms with Crippen molar-refractivity contribution in [2.75, 3.05) is 19.6 Å². The molecule has 0 spiro atoms. The molecule has 2 atom stereocenters. The van der Waals surface area contributed by atoms with Gasteiger partial charge in [-0.15, -0.1) is 0 Å². The largest absolute Gasteiger partial charge is 0.356 e. The van der Waals surface area contributed by atoms with Crippen molar-refractivity contribution >= 4 is 5.91 Å². The maximum atomic E-state index is 11.7. The summed E-state index contributed by atoms with van der Waals surface area (Å²) in [6, 6.07) is 0. The third kappa shape index (κ3) is 4.97. The molecule has 3 nitrogen and oxygen atoms in total. The highest BCUT2D eigenvalue weighted by Crippen LogP contribution is 2.22. The quantitative estimate of drug-likeness (QED) is 0.750. The summed E-state index contributed by atoms with van der Waals surface area (Å²) >= 11 is 0. The van der Waals surface area contributed by atoms with Crippen LogP contribution in [0, 0.1) is 17.8 Å². The zero-order valence-electron chi connectivity index (χ0n) is 10.9. The van der Waals surface area contributed by atoms with Crippen molar-refractivity contribution in [3.63, 3.8) is 0 Å². The molecule has 1 heterocycles. The average molecular weight is 226 g/mol. The van der Waals surface area contributed by atoms with Crippen molar-refractivity contribution in [3.8, 4) is 0 Å². The minimum absolute atomic E-state index is 0.215. The summed E-state index contributed by atoms with van der Waals surface area (Å²) in [5.74, 6) is 1.93. The molecule has 0 aromatic rings. The van der Waals surface area contributed by atoms with Gasteiger partial charge in [0, 0.05) is 13.0 Å². The molecule has 3 heteroatoms. The highest BCUT2D eigenvalue weighted by molar-refractivity contribution is 5.76. The number of piperidine rings is 1. The number of nitrogens with one attached hydrogen (secondary N) is 2. The molecule has 0 saturated carbocycles. The molecule has 1 aliphatic heterocycles. The van der Waals surface area contributed by atoms with E-state index in [2.05, 4.69) is 31.4 Å². The lowest BCUT2D eigenvalue weighted by Crippen LogP contribution is -2.36. The second kappa shape index (κ2) is 6.89. The Morgan fingerprint density at radius 1 is 1.44 bits per heavy atom. The first-order valence-corrected chi connectivity index (χ1v) is 6.57. The molecule has 1 rings (SSSR count). The second-order valence-corrected chi connectivity index (χ2v) is 5.49. The van der Waals surface area contributed by atoms with E-state index in [1.807, 2.05) is 0 Å². The summed E-state index contributed by atoms with van der Waals surface area (Å²) in [6.07, 6.45) is 3.20.